The third kappa shape index (κ3) is 3.90. The summed E-state index contributed by atoms with van der Waals surface area (Å²) in [7, 11) is 3.97. The Labute approximate surface area is 112 Å². The maximum Gasteiger partial charge on any atom is 0.323 e. The first kappa shape index (κ1) is 13.8. The topological polar surface area (TPSA) is 92.4 Å². The van der Waals surface area contributed by atoms with Gasteiger partial charge in [-0.25, -0.2) is 5.84 Å². The number of aromatic nitrogens is 3. The van der Waals surface area contributed by atoms with Gasteiger partial charge in [-0.15, -0.1) is 0 Å². The average Bonchev–Trinajstić information content (AvgIpc) is 2.92. The van der Waals surface area contributed by atoms with Crippen molar-refractivity contribution in [3.8, 4) is 6.01 Å². The predicted octanol–water partition coefficient (Wildman–Crippen LogP) is -0.302. The first-order chi connectivity index (χ1) is 9.19. The van der Waals surface area contributed by atoms with Gasteiger partial charge < -0.3 is 14.5 Å². The van der Waals surface area contributed by atoms with E-state index in [1.165, 1.54) is 0 Å². The summed E-state index contributed by atoms with van der Waals surface area (Å²) in [5.74, 6) is 6.33. The molecule has 0 saturated carbocycles. The monoisotopic (exact) mass is 267 g/mol. The van der Waals surface area contributed by atoms with Crippen LogP contribution in [-0.2, 0) is 0 Å². The standard InChI is InChI=1S/C11H21N7O/c1-17(2)7-8-19-11-14-9(16-12)13-10(15-11)18-5-3-4-6-18/h3-8,12H2,1-2H3,(H,13,14,15,16). The number of nitrogen functional groups attached to an aromatic ring is 1. The molecule has 8 heteroatoms. The molecule has 2 rings (SSSR count). The van der Waals surface area contributed by atoms with Gasteiger partial charge in [0.15, 0.2) is 0 Å². The second-order valence-electron chi connectivity index (χ2n) is 4.73. The number of nitrogens with two attached hydrogens (primary N) is 1. The van der Waals surface area contributed by atoms with Crippen LogP contribution in [0.3, 0.4) is 0 Å². The maximum absolute atomic E-state index is 5.53. The zero-order chi connectivity index (χ0) is 13.7. The number of likely N-dealkylation sites (N-methyl/N-ethyl adjacent to an activating group) is 1. The Hall–Kier alpha value is -1.67. The summed E-state index contributed by atoms with van der Waals surface area (Å²) in [6.45, 7) is 3.26. The number of anilines is 2. The minimum Gasteiger partial charge on any atom is -0.462 e. The van der Waals surface area contributed by atoms with Crippen molar-refractivity contribution in [2.24, 2.45) is 5.84 Å². The molecule has 1 saturated heterocycles. The molecule has 0 bridgehead atoms. The number of hydrogen-bond donors (Lipinski definition) is 2. The van der Waals surface area contributed by atoms with E-state index in [0.29, 0.717) is 24.5 Å². The fraction of sp³-hybridized carbons (Fsp3) is 0.727. The van der Waals surface area contributed by atoms with Gasteiger partial charge in [-0.1, -0.05) is 0 Å². The van der Waals surface area contributed by atoms with Crippen molar-refractivity contribution >= 4 is 11.9 Å². The molecular formula is C11H21N7O. The van der Waals surface area contributed by atoms with Gasteiger partial charge in [-0.2, -0.15) is 15.0 Å². The first-order valence-corrected chi connectivity index (χ1v) is 6.44. The molecule has 0 amide bonds. The van der Waals surface area contributed by atoms with Crippen molar-refractivity contribution in [1.82, 2.24) is 19.9 Å². The number of nitrogens with zero attached hydrogens (tertiary/aromatic N) is 5. The summed E-state index contributed by atoms with van der Waals surface area (Å²) < 4.78 is 5.53. The fourth-order valence-corrected chi connectivity index (χ4v) is 1.85. The number of hydrazine groups is 1. The highest BCUT2D eigenvalue weighted by Crippen LogP contribution is 2.18. The molecule has 0 spiro atoms. The van der Waals surface area contributed by atoms with Gasteiger partial charge >= 0.3 is 6.01 Å². The Morgan fingerprint density at radius 2 is 2.00 bits per heavy atom. The molecule has 1 aliphatic rings. The lowest BCUT2D eigenvalue weighted by Gasteiger charge is -2.16. The summed E-state index contributed by atoms with van der Waals surface area (Å²) >= 11 is 0. The largest absolute Gasteiger partial charge is 0.462 e. The van der Waals surface area contributed by atoms with Crippen LogP contribution in [0.5, 0.6) is 6.01 Å². The Morgan fingerprint density at radius 3 is 2.63 bits per heavy atom. The minimum atomic E-state index is 0.312. The molecular weight excluding hydrogens is 246 g/mol. The molecule has 0 aliphatic carbocycles. The van der Waals surface area contributed by atoms with Crippen molar-refractivity contribution in [2.45, 2.75) is 12.8 Å². The van der Waals surface area contributed by atoms with Crippen LogP contribution in [0.25, 0.3) is 0 Å². The van der Waals surface area contributed by atoms with Crippen molar-refractivity contribution in [1.29, 1.82) is 0 Å². The van der Waals surface area contributed by atoms with Crippen LogP contribution in [-0.4, -0.2) is 60.2 Å². The highest BCUT2D eigenvalue weighted by Gasteiger charge is 2.17. The van der Waals surface area contributed by atoms with E-state index in [1.54, 1.807) is 0 Å². The van der Waals surface area contributed by atoms with Crippen LogP contribution >= 0.6 is 0 Å². The van der Waals surface area contributed by atoms with Gasteiger partial charge in [0, 0.05) is 19.6 Å². The third-order valence-corrected chi connectivity index (χ3v) is 2.89. The molecule has 8 nitrogen and oxygen atoms in total. The zero-order valence-corrected chi connectivity index (χ0v) is 11.5. The van der Waals surface area contributed by atoms with Crippen molar-refractivity contribution < 1.29 is 4.74 Å². The predicted molar refractivity (Wildman–Crippen MR) is 73.1 cm³/mol. The number of hydrogen-bond acceptors (Lipinski definition) is 8. The van der Waals surface area contributed by atoms with Crippen LogP contribution in [0.15, 0.2) is 0 Å². The third-order valence-electron chi connectivity index (χ3n) is 2.89. The van der Waals surface area contributed by atoms with Crippen LogP contribution < -0.4 is 20.9 Å². The second kappa shape index (κ2) is 6.48. The molecule has 0 radical (unpaired) electrons. The lowest BCUT2D eigenvalue weighted by molar-refractivity contribution is 0.245. The van der Waals surface area contributed by atoms with Crippen molar-refractivity contribution in [2.75, 3.05) is 50.7 Å². The smallest absolute Gasteiger partial charge is 0.323 e. The van der Waals surface area contributed by atoms with Gasteiger partial charge in [0.05, 0.1) is 0 Å². The normalized spacial score (nSPS) is 15.1. The number of rotatable bonds is 6. The SMILES string of the molecule is CN(C)CCOc1nc(NN)nc(N2CCCC2)n1. The molecule has 1 aromatic heterocycles. The van der Waals surface area contributed by atoms with E-state index in [2.05, 4.69) is 25.3 Å². The van der Waals surface area contributed by atoms with E-state index >= 15 is 0 Å². The zero-order valence-electron chi connectivity index (χ0n) is 11.5. The Balaban J connectivity index is 2.06. The van der Waals surface area contributed by atoms with E-state index in [0.717, 1.165) is 32.5 Å². The van der Waals surface area contributed by atoms with Crippen LogP contribution in [0.4, 0.5) is 11.9 Å². The summed E-state index contributed by atoms with van der Waals surface area (Å²) in [6, 6.07) is 0.312. The molecule has 1 aromatic rings. The average molecular weight is 267 g/mol. The Kier molecular flexibility index (Phi) is 4.69. The second-order valence-corrected chi connectivity index (χ2v) is 4.73. The first-order valence-electron chi connectivity index (χ1n) is 6.44. The van der Waals surface area contributed by atoms with E-state index in [4.69, 9.17) is 10.6 Å². The molecule has 2 heterocycles. The summed E-state index contributed by atoms with van der Waals surface area (Å²) in [6.07, 6.45) is 2.32. The molecule has 0 atom stereocenters. The number of ether oxygens (including phenoxy) is 1. The molecule has 106 valence electrons. The van der Waals surface area contributed by atoms with Crippen LogP contribution in [0, 0.1) is 0 Å². The lowest BCUT2D eigenvalue weighted by Crippen LogP contribution is -2.24. The maximum atomic E-state index is 5.53. The quantitative estimate of drug-likeness (QED) is 0.536. The fourth-order valence-electron chi connectivity index (χ4n) is 1.85. The Morgan fingerprint density at radius 1 is 1.26 bits per heavy atom. The van der Waals surface area contributed by atoms with Crippen LogP contribution in [0.2, 0.25) is 0 Å². The van der Waals surface area contributed by atoms with E-state index in [-0.39, 0.29) is 0 Å². The van der Waals surface area contributed by atoms with Crippen molar-refractivity contribution in [3.05, 3.63) is 0 Å². The van der Waals surface area contributed by atoms with E-state index in [1.807, 2.05) is 19.0 Å². The van der Waals surface area contributed by atoms with Crippen LogP contribution in [0.1, 0.15) is 12.8 Å². The van der Waals surface area contributed by atoms with Gasteiger partial charge in [0.1, 0.15) is 6.61 Å². The Bertz CT molecular complexity index is 406. The highest BCUT2D eigenvalue weighted by molar-refractivity contribution is 5.38. The number of nitrogens with one attached hydrogen (secondary N) is 1. The van der Waals surface area contributed by atoms with Gasteiger partial charge in [-0.05, 0) is 26.9 Å². The van der Waals surface area contributed by atoms with Gasteiger partial charge in [0.2, 0.25) is 11.9 Å². The summed E-state index contributed by atoms with van der Waals surface area (Å²) in [4.78, 5) is 16.8. The van der Waals surface area contributed by atoms with Gasteiger partial charge in [-0.3, -0.25) is 5.43 Å². The molecule has 1 fully saturated rings. The molecule has 19 heavy (non-hydrogen) atoms. The lowest BCUT2D eigenvalue weighted by atomic mass is 10.4. The molecule has 3 N–H and O–H groups in total. The molecule has 1 aliphatic heterocycles. The van der Waals surface area contributed by atoms with Gasteiger partial charge in [0.25, 0.3) is 0 Å². The minimum absolute atomic E-state index is 0.312. The van der Waals surface area contributed by atoms with E-state index < -0.39 is 0 Å². The van der Waals surface area contributed by atoms with Crippen molar-refractivity contribution in [3.63, 3.8) is 0 Å². The molecule has 0 aromatic carbocycles. The van der Waals surface area contributed by atoms with E-state index in [9.17, 15) is 0 Å². The highest BCUT2D eigenvalue weighted by atomic mass is 16.5. The summed E-state index contributed by atoms with van der Waals surface area (Å²) in [5, 5.41) is 0. The summed E-state index contributed by atoms with van der Waals surface area (Å²) in [5.41, 5.74) is 2.45. The molecule has 0 unspecified atom stereocenters.